The Morgan fingerprint density at radius 2 is 1.57 bits per heavy atom. The van der Waals surface area contributed by atoms with Crippen molar-refractivity contribution in [3.8, 4) is 5.75 Å². The van der Waals surface area contributed by atoms with Crippen molar-refractivity contribution in [2.24, 2.45) is 0 Å². The molecule has 0 aliphatic rings. The van der Waals surface area contributed by atoms with Crippen LogP contribution in [-0.2, 0) is 6.42 Å². The quantitative estimate of drug-likeness (QED) is 0.560. The summed E-state index contributed by atoms with van der Waals surface area (Å²) in [5.74, 6) is -3.74. The second-order valence-corrected chi connectivity index (χ2v) is 4.56. The van der Waals surface area contributed by atoms with Gasteiger partial charge in [0.2, 0.25) is 11.4 Å². The molecule has 6 heteroatoms. The number of rotatable bonds is 4. The van der Waals surface area contributed by atoms with Crippen molar-refractivity contribution < 1.29 is 17.9 Å². The van der Waals surface area contributed by atoms with Crippen molar-refractivity contribution in [1.82, 2.24) is 0 Å². The highest BCUT2D eigenvalue weighted by Crippen LogP contribution is 2.39. The molecule has 0 spiro atoms. The largest absolute Gasteiger partial charge is 0.494 e. The van der Waals surface area contributed by atoms with Gasteiger partial charge in [-0.25, -0.2) is 22.9 Å². The van der Waals surface area contributed by atoms with Crippen molar-refractivity contribution in [1.29, 1.82) is 0 Å². The molecule has 0 saturated carbocycles. The van der Waals surface area contributed by atoms with E-state index >= 15 is 0 Å². The van der Waals surface area contributed by atoms with Crippen LogP contribution in [0.1, 0.15) is 18.1 Å². The molecule has 2 aromatic carbocycles. The van der Waals surface area contributed by atoms with Gasteiger partial charge in [-0.3, -0.25) is 0 Å². The van der Waals surface area contributed by atoms with Gasteiger partial charge in [0.15, 0.2) is 11.6 Å². The molecule has 2 aromatic rings. The lowest BCUT2D eigenvalue weighted by Crippen LogP contribution is -2.03. The Kier molecular flexibility index (Phi) is 4.88. The molecule has 0 amide bonds. The molecule has 0 aliphatic heterocycles. The maximum Gasteiger partial charge on any atom is 0.235 e. The van der Waals surface area contributed by atoms with Crippen molar-refractivity contribution in [2.45, 2.75) is 13.3 Å². The van der Waals surface area contributed by atoms with Gasteiger partial charge in [0.1, 0.15) is 11.6 Å². The Bertz CT molecular complexity index is 835. The molecule has 116 valence electrons. The van der Waals surface area contributed by atoms with E-state index in [-0.39, 0.29) is 6.42 Å². The van der Waals surface area contributed by atoms with Crippen LogP contribution in [0.5, 0.6) is 5.75 Å². The molecule has 0 radical (unpaired) electrons. The smallest absolute Gasteiger partial charge is 0.235 e. The summed E-state index contributed by atoms with van der Waals surface area (Å²) in [4.78, 5) is 5.54. The number of hydrogen-bond acceptors (Lipinski definition) is 1. The van der Waals surface area contributed by atoms with Crippen LogP contribution >= 0.6 is 0 Å². The molecule has 3 nitrogen and oxygen atoms in total. The maximum absolute atomic E-state index is 14.4. The Hall–Kier alpha value is -2.99. The molecule has 0 bridgehead atoms. The highest BCUT2D eigenvalue weighted by molar-refractivity contribution is 5.73. The van der Waals surface area contributed by atoms with E-state index in [1.54, 1.807) is 31.2 Å². The van der Waals surface area contributed by atoms with Crippen molar-refractivity contribution in [3.63, 3.8) is 0 Å². The number of nitrogens with zero attached hydrogens (tertiary/aromatic N) is 2. The highest BCUT2D eigenvalue weighted by atomic mass is 19.2. The van der Waals surface area contributed by atoms with Gasteiger partial charge in [0.25, 0.3) is 0 Å². The van der Waals surface area contributed by atoms with Crippen molar-refractivity contribution >= 4 is 11.4 Å². The van der Waals surface area contributed by atoms with Gasteiger partial charge in [-0.15, -0.1) is 0 Å². The second kappa shape index (κ2) is 6.85. The zero-order chi connectivity index (χ0) is 17.0. The minimum atomic E-state index is -1.50. The van der Waals surface area contributed by atoms with Gasteiger partial charge in [-0.05, 0) is 18.6 Å². The third-order valence-electron chi connectivity index (χ3n) is 3.23. The fourth-order valence-electron chi connectivity index (χ4n) is 2.18. The van der Waals surface area contributed by atoms with Crippen LogP contribution < -0.4 is 4.74 Å². The van der Waals surface area contributed by atoms with Crippen molar-refractivity contribution in [2.75, 3.05) is 6.61 Å². The first kappa shape index (κ1) is 16.4. The first-order chi connectivity index (χ1) is 11.0. The van der Waals surface area contributed by atoms with Gasteiger partial charge in [0.05, 0.1) is 19.8 Å². The Morgan fingerprint density at radius 3 is 2.17 bits per heavy atom. The molecule has 0 saturated heterocycles. The topological polar surface area (TPSA) is 17.9 Å². The fourth-order valence-corrected chi connectivity index (χ4v) is 2.18. The minimum Gasteiger partial charge on any atom is -0.494 e. The third-order valence-corrected chi connectivity index (χ3v) is 3.23. The standard InChI is InChI=1S/C17H11F3N2O/c1-4-23-12-8-6-5-7-10(12)9-11-13(18)15(20)17(22-3)16(21-2)14(11)19/h5-8H,4,9H2,1H3. The van der Waals surface area contributed by atoms with E-state index in [1.165, 1.54) is 0 Å². The second-order valence-electron chi connectivity index (χ2n) is 4.56. The summed E-state index contributed by atoms with van der Waals surface area (Å²) in [5, 5.41) is 0. The molecule has 0 heterocycles. The van der Waals surface area contributed by atoms with Crippen LogP contribution in [0.25, 0.3) is 9.69 Å². The van der Waals surface area contributed by atoms with E-state index in [1.807, 2.05) is 0 Å². The molecule has 0 unspecified atom stereocenters. The van der Waals surface area contributed by atoms with Gasteiger partial charge in [0, 0.05) is 12.0 Å². The molecule has 0 aliphatic carbocycles. The lowest BCUT2D eigenvalue weighted by molar-refractivity contribution is 0.337. The lowest BCUT2D eigenvalue weighted by Gasteiger charge is -2.13. The first-order valence-corrected chi connectivity index (χ1v) is 6.70. The third kappa shape index (κ3) is 2.97. The van der Waals surface area contributed by atoms with Crippen LogP contribution in [-0.4, -0.2) is 6.61 Å². The maximum atomic E-state index is 14.4. The predicted octanol–water partition coefficient (Wildman–Crippen LogP) is 5.19. The lowest BCUT2D eigenvalue weighted by atomic mass is 10.0. The fraction of sp³-hybridized carbons (Fsp3) is 0.176. The summed E-state index contributed by atoms with van der Waals surface area (Å²) in [6.45, 7) is 15.8. The summed E-state index contributed by atoms with van der Waals surface area (Å²) in [5.41, 5.74) is -1.87. The highest BCUT2D eigenvalue weighted by Gasteiger charge is 2.25. The zero-order valence-corrected chi connectivity index (χ0v) is 12.2. The van der Waals surface area contributed by atoms with E-state index < -0.39 is 34.4 Å². The molecule has 0 N–H and O–H groups in total. The van der Waals surface area contributed by atoms with Gasteiger partial charge >= 0.3 is 0 Å². The number of hydrogen-bond donors (Lipinski definition) is 0. The van der Waals surface area contributed by atoms with Crippen LogP contribution in [0.4, 0.5) is 24.5 Å². The van der Waals surface area contributed by atoms with Crippen LogP contribution in [0.15, 0.2) is 24.3 Å². The normalized spacial score (nSPS) is 10.0. The van der Waals surface area contributed by atoms with Gasteiger partial charge < -0.3 is 4.74 Å². The summed E-state index contributed by atoms with van der Waals surface area (Å²) in [6, 6.07) is 6.60. The summed E-state index contributed by atoms with van der Waals surface area (Å²) in [6.07, 6.45) is -0.286. The van der Waals surface area contributed by atoms with Crippen LogP contribution in [0.3, 0.4) is 0 Å². The Labute approximate surface area is 131 Å². The molecular formula is C17H11F3N2O. The van der Waals surface area contributed by atoms with E-state index in [2.05, 4.69) is 9.69 Å². The molecule has 0 atom stereocenters. The SMILES string of the molecule is [C-]#[N+]c1c(F)c(F)c(Cc2ccccc2OCC)c(F)c1[N+]#[C-]. The van der Waals surface area contributed by atoms with Crippen LogP contribution in [0.2, 0.25) is 0 Å². The number of ether oxygens (including phenoxy) is 1. The van der Waals surface area contributed by atoms with E-state index in [0.29, 0.717) is 17.9 Å². The average molecular weight is 316 g/mol. The van der Waals surface area contributed by atoms with Gasteiger partial charge in [-0.2, -0.15) is 0 Å². The van der Waals surface area contributed by atoms with Crippen molar-refractivity contribution in [3.05, 3.63) is 75.7 Å². The van der Waals surface area contributed by atoms with Crippen LogP contribution in [0, 0.1) is 30.6 Å². The minimum absolute atomic E-state index is 0.286. The average Bonchev–Trinajstić information content (AvgIpc) is 2.56. The molecule has 0 fully saturated rings. The molecule has 0 aromatic heterocycles. The van der Waals surface area contributed by atoms with E-state index in [9.17, 15) is 13.2 Å². The molecule has 23 heavy (non-hydrogen) atoms. The number of benzene rings is 2. The monoisotopic (exact) mass is 316 g/mol. The summed E-state index contributed by atoms with van der Waals surface area (Å²) in [7, 11) is 0. The van der Waals surface area contributed by atoms with E-state index in [4.69, 9.17) is 17.9 Å². The van der Waals surface area contributed by atoms with Gasteiger partial charge in [-0.1, -0.05) is 18.2 Å². The number of para-hydroxylation sites is 1. The Balaban J connectivity index is 2.61. The Morgan fingerprint density at radius 1 is 0.957 bits per heavy atom. The first-order valence-electron chi connectivity index (χ1n) is 6.70. The summed E-state index contributed by atoms with van der Waals surface area (Å²) >= 11 is 0. The zero-order valence-electron chi connectivity index (χ0n) is 12.2. The number of halogens is 3. The summed E-state index contributed by atoms with van der Waals surface area (Å²) < 4.78 is 47.8. The van der Waals surface area contributed by atoms with E-state index in [0.717, 1.165) is 0 Å². The molecular weight excluding hydrogens is 305 g/mol. The predicted molar refractivity (Wildman–Crippen MR) is 79.3 cm³/mol. The molecule has 2 rings (SSSR count).